The Morgan fingerprint density at radius 1 is 0.741 bits per heavy atom. The van der Waals surface area contributed by atoms with Crippen molar-refractivity contribution in [2.45, 2.75) is 149 Å². The number of unbranched alkanes of at least 4 members (excludes halogenated alkanes) is 2. The van der Waals surface area contributed by atoms with Gasteiger partial charge in [0.15, 0.2) is 5.78 Å². The molecular weight excluding hydrogens is 1060 g/mol. The monoisotopic (exact) mass is 1140 g/mol. The summed E-state index contributed by atoms with van der Waals surface area (Å²) in [4.78, 5) is 132. The Labute approximate surface area is 470 Å². The molecule has 0 aliphatic rings. The Morgan fingerprint density at radius 2 is 1.38 bits per heavy atom. The summed E-state index contributed by atoms with van der Waals surface area (Å²) in [6.45, 7) is 8.49. The minimum atomic E-state index is -1.73. The van der Waals surface area contributed by atoms with Crippen molar-refractivity contribution < 1.29 is 66.9 Å². The van der Waals surface area contributed by atoms with E-state index in [0.29, 0.717) is 37.9 Å². The third-order valence-electron chi connectivity index (χ3n) is 13.2. The molecule has 0 aliphatic carbocycles. The highest BCUT2D eigenvalue weighted by molar-refractivity contribution is 5.97. The quantitative estimate of drug-likeness (QED) is 0.0373. The van der Waals surface area contributed by atoms with Crippen molar-refractivity contribution in [2.75, 3.05) is 32.8 Å². The maximum absolute atomic E-state index is 15.4. The highest BCUT2D eigenvalue weighted by Crippen LogP contribution is 2.41. The van der Waals surface area contributed by atoms with Gasteiger partial charge in [-0.3, -0.25) is 47.9 Å². The van der Waals surface area contributed by atoms with Gasteiger partial charge in [0.25, 0.3) is 0 Å². The lowest BCUT2D eigenvalue weighted by Gasteiger charge is -2.41. The van der Waals surface area contributed by atoms with E-state index >= 15 is 4.39 Å². The van der Waals surface area contributed by atoms with Crippen LogP contribution in [0.25, 0.3) is 11.1 Å². The number of nitrogens with one attached hydrogen (secondary N) is 6. The first-order valence-corrected chi connectivity index (χ1v) is 27.0. The lowest BCUT2D eigenvalue weighted by Crippen LogP contribution is -2.56. The molecule has 0 bridgehead atoms. The second-order valence-electron chi connectivity index (χ2n) is 21.2. The first-order chi connectivity index (χ1) is 38.2. The lowest BCUT2D eigenvalue weighted by molar-refractivity contribution is -0.140. The average Bonchev–Trinajstić information content (AvgIpc) is 4.06. The second kappa shape index (κ2) is 33.2. The van der Waals surface area contributed by atoms with Crippen LogP contribution in [0.4, 0.5) is 8.78 Å². The number of primary amides is 1. The van der Waals surface area contributed by atoms with Gasteiger partial charge < -0.3 is 68.8 Å². The van der Waals surface area contributed by atoms with Crippen LogP contribution in [-0.2, 0) is 54.5 Å². The molecule has 14 N–H and O–H groups in total. The number of amides is 8. The molecule has 81 heavy (non-hydrogen) atoms. The normalized spacial score (nSPS) is 13.9. The van der Waals surface area contributed by atoms with E-state index < -0.39 is 144 Å². The first kappa shape index (κ1) is 67.6. The molecule has 3 aromatic rings. The Hall–Kier alpha value is -7.64. The lowest BCUT2D eigenvalue weighted by atomic mass is 9.82. The number of halogens is 2. The number of carbonyl (C=O) groups excluding carboxylic acids is 9. The average molecular weight is 1140 g/mol. The first-order valence-electron chi connectivity index (χ1n) is 27.0. The molecule has 23 nitrogen and oxygen atoms in total. The third-order valence-corrected chi connectivity index (χ3v) is 13.2. The summed E-state index contributed by atoms with van der Waals surface area (Å²) in [6.07, 6.45) is 2.10. The summed E-state index contributed by atoms with van der Waals surface area (Å²) in [6, 6.07) is 6.34. The van der Waals surface area contributed by atoms with Crippen LogP contribution in [0.15, 0.2) is 60.8 Å². The van der Waals surface area contributed by atoms with Crippen molar-refractivity contribution in [2.24, 2.45) is 28.5 Å². The molecule has 0 radical (unpaired) electrons. The smallest absolute Gasteiger partial charge is 0.320 e. The number of aliphatic carboxylic acids is 1. The van der Waals surface area contributed by atoms with Gasteiger partial charge in [-0.05, 0) is 93.7 Å². The summed E-state index contributed by atoms with van der Waals surface area (Å²) < 4.78 is 31.8. The van der Waals surface area contributed by atoms with Crippen molar-refractivity contribution >= 4 is 59.0 Å². The molecule has 25 heteroatoms. The number of aliphatic hydroxyl groups excluding tert-OH is 1. The Kier molecular flexibility index (Phi) is 27.7. The van der Waals surface area contributed by atoms with Crippen LogP contribution in [-0.4, -0.2) is 142 Å². The van der Waals surface area contributed by atoms with Crippen molar-refractivity contribution in [3.8, 4) is 11.1 Å². The van der Waals surface area contributed by atoms with Gasteiger partial charge in [0.1, 0.15) is 42.4 Å². The highest BCUT2D eigenvalue weighted by atomic mass is 19.1. The van der Waals surface area contributed by atoms with Crippen molar-refractivity contribution in [3.05, 3.63) is 83.7 Å². The number of ketones is 1. The van der Waals surface area contributed by atoms with Gasteiger partial charge in [0.2, 0.25) is 47.3 Å². The maximum atomic E-state index is 15.4. The molecule has 0 unspecified atom stereocenters. The number of Topliss-reactive ketones (excluding diaryl/α,β-unsaturated/α-hetero) is 1. The number of hydrogen-bond donors (Lipinski definition) is 11. The molecule has 0 saturated heterocycles. The van der Waals surface area contributed by atoms with E-state index in [0.717, 1.165) is 23.8 Å². The van der Waals surface area contributed by atoms with Crippen LogP contribution < -0.4 is 49.1 Å². The van der Waals surface area contributed by atoms with Gasteiger partial charge in [-0.1, -0.05) is 58.0 Å². The van der Waals surface area contributed by atoms with Gasteiger partial charge in [0, 0.05) is 74.9 Å². The van der Waals surface area contributed by atoms with Crippen LogP contribution in [0, 0.1) is 23.0 Å². The van der Waals surface area contributed by atoms with Crippen LogP contribution >= 0.6 is 0 Å². The number of benzene rings is 2. The maximum Gasteiger partial charge on any atom is 0.320 e. The molecule has 2 aromatic carbocycles. The molecule has 8 amide bonds. The highest BCUT2D eigenvalue weighted by Gasteiger charge is 2.39. The molecule has 0 saturated carbocycles. The number of hydrogen-bond acceptors (Lipinski definition) is 13. The van der Waals surface area contributed by atoms with E-state index in [1.54, 1.807) is 37.6 Å². The second-order valence-corrected chi connectivity index (χ2v) is 21.2. The molecular formula is C56H81F2N11O12. The van der Waals surface area contributed by atoms with E-state index in [2.05, 4.69) is 31.9 Å². The largest absolute Gasteiger partial charge is 0.480 e. The van der Waals surface area contributed by atoms with Crippen molar-refractivity contribution in [3.63, 3.8) is 0 Å². The topological polar surface area (TPSA) is 370 Å². The predicted octanol–water partition coefficient (Wildman–Crippen LogP) is 1.56. The number of carboxylic acid groups (broad SMARTS) is 1. The number of rotatable bonds is 35. The third kappa shape index (κ3) is 22.8. The fourth-order valence-electron chi connectivity index (χ4n) is 8.96. The molecule has 1 aromatic heterocycles. The minimum Gasteiger partial charge on any atom is -0.480 e. The number of nitrogens with zero attached hydrogens (tertiary/aromatic N) is 2. The van der Waals surface area contributed by atoms with E-state index in [4.69, 9.17) is 22.3 Å². The van der Waals surface area contributed by atoms with E-state index in [-0.39, 0.29) is 56.6 Å². The summed E-state index contributed by atoms with van der Waals surface area (Å²) in [7, 11) is 0. The fourth-order valence-corrected chi connectivity index (χ4v) is 8.96. The van der Waals surface area contributed by atoms with Gasteiger partial charge >= 0.3 is 5.97 Å². The Balaban J connectivity index is 1.98. The Bertz CT molecular complexity index is 2650. The van der Waals surface area contributed by atoms with E-state index in [1.165, 1.54) is 25.7 Å². The number of aromatic nitrogens is 1. The molecule has 1 heterocycles. The predicted molar refractivity (Wildman–Crippen MR) is 296 cm³/mol. The molecule has 3 rings (SSSR count). The molecule has 7 atom stereocenters. The van der Waals surface area contributed by atoms with Crippen LogP contribution in [0.3, 0.4) is 0 Å². The summed E-state index contributed by atoms with van der Waals surface area (Å²) in [5.41, 5.74) is 17.2. The van der Waals surface area contributed by atoms with Gasteiger partial charge in [0.05, 0.1) is 18.5 Å². The number of carboxylic acids is 1. The molecule has 446 valence electrons. The fraction of sp³-hybridized carbons (Fsp3) is 0.536. The SMILES string of the molecule is CC(=O)N[C@@H](CCCCN)C(=O)N[C@@H](C)C(=O)C[C@@H](C)C(=O)N[C@@H](CC(N)=O)C(=O)N[C@@H](CCN(C(=O)CO)[C@@H](c1cc(-c2cc(F)ccc2F)cn1Cc1ccccc1)C(C)(C)C)C(=O)NCCC(=O)NCCCC[C@H](N)C(=O)O. The standard InChI is InChI=1S/C56H81F2N11O12/c1-33(26-46(72)34(2)64-53(78)42(65-35(3)71)17-10-12-22-59)51(76)67-44(29-47(61)73)54(79)66-43(52(77)63-24-20-48(74)62-23-13-11-16-41(60)55(80)81)21-25-69(49(75)32-70)50(56(4,5)6)45-27-37(39-28-38(57)18-19-40(39)58)31-68(45)30-36-14-8-7-9-15-36/h7-9,14-15,18-19,27-28,31,33-34,41-44,50,70H,10-13,16-17,20-26,29-30,32,59-60H2,1-6H3,(H2,61,73)(H,62,74)(H,63,77)(H,64,78)(H,65,71)(H,66,79)(H,67,76)(H,80,81)/t33-,34+,41+,42+,43+,44+,50+/m1/s1. The molecule has 0 aliphatic heterocycles. The number of nitrogens with two attached hydrogens (primary N) is 3. The minimum absolute atomic E-state index is 0.0655. The summed E-state index contributed by atoms with van der Waals surface area (Å²) >= 11 is 0. The van der Waals surface area contributed by atoms with Crippen LogP contribution in [0.5, 0.6) is 0 Å². The molecule has 0 fully saturated rings. The number of carbonyl (C=O) groups is 10. The number of aliphatic hydroxyl groups is 1. The Morgan fingerprint density at radius 3 is 2.00 bits per heavy atom. The van der Waals surface area contributed by atoms with Gasteiger partial charge in [-0.2, -0.15) is 0 Å². The van der Waals surface area contributed by atoms with Gasteiger partial charge in [-0.25, -0.2) is 8.78 Å². The summed E-state index contributed by atoms with van der Waals surface area (Å²) in [5.74, 6) is -10.6. The zero-order chi connectivity index (χ0) is 60.6. The van der Waals surface area contributed by atoms with E-state index in [1.807, 2.05) is 30.3 Å². The van der Waals surface area contributed by atoms with Crippen molar-refractivity contribution in [1.29, 1.82) is 0 Å². The van der Waals surface area contributed by atoms with Crippen LogP contribution in [0.2, 0.25) is 0 Å². The van der Waals surface area contributed by atoms with Gasteiger partial charge in [-0.15, -0.1) is 0 Å². The zero-order valence-electron chi connectivity index (χ0n) is 47.0. The van der Waals surface area contributed by atoms with Crippen LogP contribution in [0.1, 0.15) is 123 Å². The van der Waals surface area contributed by atoms with Crippen molar-refractivity contribution in [1.82, 2.24) is 41.4 Å². The van der Waals surface area contributed by atoms with E-state index in [9.17, 15) is 57.4 Å². The summed E-state index contributed by atoms with van der Waals surface area (Å²) in [5, 5.41) is 34.9. The zero-order valence-corrected chi connectivity index (χ0v) is 47.0. The molecule has 0 spiro atoms.